The molecular weight excluding hydrogens is 450 g/mol. The molecule has 0 bridgehead atoms. The second-order valence-corrected chi connectivity index (χ2v) is 9.11. The highest BCUT2D eigenvalue weighted by Gasteiger charge is 2.28. The number of carbonyl (C=O) groups is 1. The average molecular weight is 465 g/mol. The smallest absolute Gasteiger partial charge is 0.258 e. The van der Waals surface area contributed by atoms with Gasteiger partial charge in [0.25, 0.3) is 5.91 Å². The summed E-state index contributed by atoms with van der Waals surface area (Å²) in [6, 6.07) is 13.0. The van der Waals surface area contributed by atoms with Crippen molar-refractivity contribution >= 4 is 50.1 Å². The number of amides is 1. The molecule has 0 saturated carbocycles. The number of benzene rings is 2. The van der Waals surface area contributed by atoms with E-state index in [1.807, 2.05) is 31.2 Å². The molecule has 2 heterocycles. The molecule has 0 spiro atoms. The van der Waals surface area contributed by atoms with E-state index in [-0.39, 0.29) is 5.91 Å². The Labute approximate surface area is 172 Å². The third kappa shape index (κ3) is 3.59. The van der Waals surface area contributed by atoms with Crippen molar-refractivity contribution in [3.63, 3.8) is 0 Å². The maximum absolute atomic E-state index is 12.9. The molecule has 0 radical (unpaired) electrons. The molecular formula is C19H15BrClN3O2S. The number of hydrogen-bond acceptors (Lipinski definition) is 3. The number of anilines is 1. The first kappa shape index (κ1) is 18.4. The molecule has 1 unspecified atom stereocenters. The Bertz CT molecular complexity index is 1080. The Balaban J connectivity index is 1.77. The van der Waals surface area contributed by atoms with Crippen LogP contribution in [0.4, 0.5) is 5.82 Å². The lowest BCUT2D eigenvalue weighted by Crippen LogP contribution is -2.17. The Morgan fingerprint density at radius 2 is 1.96 bits per heavy atom. The quantitative estimate of drug-likeness (QED) is 0.615. The Hall–Kier alpha value is -1.96. The number of carbonyl (C=O) groups excluding carboxylic acids is 1. The molecule has 0 saturated heterocycles. The summed E-state index contributed by atoms with van der Waals surface area (Å²) in [4.78, 5) is 12.9. The van der Waals surface area contributed by atoms with E-state index in [1.165, 1.54) is 0 Å². The SMILES string of the molecule is Cc1ccc(-n2nc3c(c2NC(=O)c2cc(Br)ccc2Cl)CS(=O)C3)cc1. The Morgan fingerprint density at radius 3 is 2.70 bits per heavy atom. The van der Waals surface area contributed by atoms with Crippen molar-refractivity contribution in [2.24, 2.45) is 0 Å². The molecule has 27 heavy (non-hydrogen) atoms. The van der Waals surface area contributed by atoms with Crippen LogP contribution in [0.5, 0.6) is 0 Å². The lowest BCUT2D eigenvalue weighted by atomic mass is 10.2. The van der Waals surface area contributed by atoms with E-state index in [0.717, 1.165) is 27.0 Å². The number of nitrogens with one attached hydrogen (secondary N) is 1. The monoisotopic (exact) mass is 463 g/mol. The predicted octanol–water partition coefficient (Wildman–Crippen LogP) is 4.61. The zero-order chi connectivity index (χ0) is 19.1. The average Bonchev–Trinajstić information content (AvgIpc) is 3.15. The lowest BCUT2D eigenvalue weighted by molar-refractivity contribution is 0.102. The summed E-state index contributed by atoms with van der Waals surface area (Å²) in [6.07, 6.45) is 0. The minimum atomic E-state index is -0.995. The number of aromatic nitrogens is 2. The normalized spacial score (nSPS) is 15.6. The third-order valence-electron chi connectivity index (χ3n) is 4.35. The van der Waals surface area contributed by atoms with Gasteiger partial charge in [0.2, 0.25) is 0 Å². The minimum Gasteiger partial charge on any atom is -0.306 e. The molecule has 1 atom stereocenters. The molecule has 2 aromatic carbocycles. The fraction of sp³-hybridized carbons (Fsp3) is 0.158. The molecule has 1 aliphatic heterocycles. The highest BCUT2D eigenvalue weighted by molar-refractivity contribution is 9.10. The molecule has 8 heteroatoms. The number of halogens is 2. The van der Waals surface area contributed by atoms with Gasteiger partial charge in [-0.15, -0.1) is 0 Å². The standard InChI is InChI=1S/C19H15BrClN3O2S/c1-11-2-5-13(6-3-11)24-18(15-9-27(26)10-17(15)23-24)22-19(25)14-8-12(20)4-7-16(14)21/h2-8H,9-10H2,1H3,(H,22,25). The summed E-state index contributed by atoms with van der Waals surface area (Å²) in [6.45, 7) is 2.01. The van der Waals surface area contributed by atoms with Gasteiger partial charge in [0.15, 0.2) is 0 Å². The summed E-state index contributed by atoms with van der Waals surface area (Å²) < 4.78 is 14.4. The van der Waals surface area contributed by atoms with Crippen molar-refractivity contribution in [1.82, 2.24) is 9.78 Å². The Morgan fingerprint density at radius 1 is 1.22 bits per heavy atom. The highest BCUT2D eigenvalue weighted by atomic mass is 79.9. The van der Waals surface area contributed by atoms with Crippen LogP contribution in [0.25, 0.3) is 5.69 Å². The molecule has 5 nitrogen and oxygen atoms in total. The Kier molecular flexibility index (Phi) is 4.92. The summed E-state index contributed by atoms with van der Waals surface area (Å²) in [7, 11) is -0.995. The summed E-state index contributed by atoms with van der Waals surface area (Å²) in [5, 5.41) is 7.88. The molecule has 1 aromatic heterocycles. The van der Waals surface area contributed by atoms with Crippen LogP contribution in [0.1, 0.15) is 27.2 Å². The van der Waals surface area contributed by atoms with Crippen molar-refractivity contribution < 1.29 is 9.00 Å². The number of hydrogen-bond donors (Lipinski definition) is 1. The second-order valence-electron chi connectivity index (χ2n) is 6.33. The van der Waals surface area contributed by atoms with E-state index < -0.39 is 10.8 Å². The molecule has 3 aromatic rings. The van der Waals surface area contributed by atoms with E-state index in [0.29, 0.717) is 27.9 Å². The van der Waals surface area contributed by atoms with Gasteiger partial charge in [-0.05, 0) is 37.3 Å². The van der Waals surface area contributed by atoms with Crippen LogP contribution in [-0.2, 0) is 22.3 Å². The number of rotatable bonds is 3. The van der Waals surface area contributed by atoms with Gasteiger partial charge >= 0.3 is 0 Å². The summed E-state index contributed by atoms with van der Waals surface area (Å²) in [5.74, 6) is 0.980. The van der Waals surface area contributed by atoms with Crippen molar-refractivity contribution in [1.29, 1.82) is 0 Å². The first-order valence-electron chi connectivity index (χ1n) is 8.21. The number of nitrogens with zero attached hydrogens (tertiary/aromatic N) is 2. The van der Waals surface area contributed by atoms with Crippen molar-refractivity contribution in [3.05, 3.63) is 74.3 Å². The first-order chi connectivity index (χ1) is 12.9. The van der Waals surface area contributed by atoms with Crippen molar-refractivity contribution in [2.45, 2.75) is 18.4 Å². The van der Waals surface area contributed by atoms with Gasteiger partial charge in [-0.2, -0.15) is 5.10 Å². The first-order valence-corrected chi connectivity index (χ1v) is 10.9. The molecule has 1 amide bonds. The second kappa shape index (κ2) is 7.22. The topological polar surface area (TPSA) is 64.0 Å². The van der Waals surface area contributed by atoms with Gasteiger partial charge in [-0.3, -0.25) is 9.00 Å². The lowest BCUT2D eigenvalue weighted by Gasteiger charge is -2.12. The summed E-state index contributed by atoms with van der Waals surface area (Å²) in [5.41, 5.74) is 3.89. The van der Waals surface area contributed by atoms with Gasteiger partial charge in [-0.25, -0.2) is 4.68 Å². The summed E-state index contributed by atoms with van der Waals surface area (Å²) >= 11 is 9.55. The van der Waals surface area contributed by atoms with Crippen LogP contribution in [0.15, 0.2) is 46.9 Å². The highest BCUT2D eigenvalue weighted by Crippen LogP contribution is 2.32. The molecule has 1 N–H and O–H groups in total. The van der Waals surface area contributed by atoms with E-state index in [1.54, 1.807) is 22.9 Å². The van der Waals surface area contributed by atoms with Crippen LogP contribution in [0, 0.1) is 6.92 Å². The van der Waals surface area contributed by atoms with Crippen LogP contribution in [0.3, 0.4) is 0 Å². The molecule has 4 rings (SSSR count). The van der Waals surface area contributed by atoms with E-state index >= 15 is 0 Å². The van der Waals surface area contributed by atoms with Gasteiger partial charge in [0.1, 0.15) is 5.82 Å². The fourth-order valence-electron chi connectivity index (χ4n) is 2.98. The molecule has 0 fully saturated rings. The van der Waals surface area contributed by atoms with Crippen LogP contribution in [0.2, 0.25) is 5.02 Å². The predicted molar refractivity (Wildman–Crippen MR) is 111 cm³/mol. The van der Waals surface area contributed by atoms with E-state index in [9.17, 15) is 9.00 Å². The van der Waals surface area contributed by atoms with Gasteiger partial charge < -0.3 is 5.32 Å². The van der Waals surface area contributed by atoms with Gasteiger partial charge in [0, 0.05) is 20.8 Å². The fourth-order valence-corrected chi connectivity index (χ4v) is 4.80. The van der Waals surface area contributed by atoms with E-state index in [2.05, 4.69) is 26.3 Å². The third-order valence-corrected chi connectivity index (χ3v) is 6.38. The molecule has 1 aliphatic rings. The number of fused-ring (bicyclic) bond motifs is 1. The molecule has 138 valence electrons. The van der Waals surface area contributed by atoms with E-state index in [4.69, 9.17) is 11.6 Å². The zero-order valence-electron chi connectivity index (χ0n) is 14.3. The minimum absolute atomic E-state index is 0.338. The number of aryl methyl sites for hydroxylation is 1. The molecule has 0 aliphatic carbocycles. The maximum atomic E-state index is 12.9. The van der Waals surface area contributed by atoms with Crippen LogP contribution >= 0.6 is 27.5 Å². The van der Waals surface area contributed by atoms with Crippen molar-refractivity contribution in [3.8, 4) is 5.69 Å². The zero-order valence-corrected chi connectivity index (χ0v) is 17.5. The largest absolute Gasteiger partial charge is 0.306 e. The maximum Gasteiger partial charge on any atom is 0.258 e. The van der Waals surface area contributed by atoms with Gasteiger partial charge in [-0.1, -0.05) is 45.2 Å². The van der Waals surface area contributed by atoms with Crippen molar-refractivity contribution in [2.75, 3.05) is 5.32 Å². The van der Waals surface area contributed by atoms with Crippen LogP contribution in [-0.4, -0.2) is 19.9 Å². The van der Waals surface area contributed by atoms with Crippen LogP contribution < -0.4 is 5.32 Å². The van der Waals surface area contributed by atoms with Gasteiger partial charge in [0.05, 0.1) is 33.5 Å².